The van der Waals surface area contributed by atoms with Crippen molar-refractivity contribution < 1.29 is 33.7 Å². The fraction of sp³-hybridized carbons (Fsp3) is 0.594. The van der Waals surface area contributed by atoms with E-state index < -0.39 is 23.1 Å². The number of aliphatic hydroxyl groups is 2. The maximum Gasteiger partial charge on any atom is 0.333 e. The van der Waals surface area contributed by atoms with Crippen molar-refractivity contribution in [1.29, 1.82) is 0 Å². The van der Waals surface area contributed by atoms with Crippen molar-refractivity contribution in [3.8, 4) is 5.69 Å². The number of halogens is 1. The minimum Gasteiger partial charge on any atom is -0.448 e. The van der Waals surface area contributed by atoms with Crippen LogP contribution in [0, 0.1) is 34.4 Å². The molecular weight excluding hydrogens is 559 g/mol. The number of hydrogen-bond donors (Lipinski definition) is 2. The summed E-state index contributed by atoms with van der Waals surface area (Å²) in [6, 6.07) is 6.32. The number of aliphatic hydroxyl groups excluding tert-OH is 2. The number of carbonyl (C=O) groups is 2. The van der Waals surface area contributed by atoms with E-state index in [1.54, 1.807) is 12.1 Å². The van der Waals surface area contributed by atoms with Crippen molar-refractivity contribution in [2.45, 2.75) is 64.1 Å². The lowest BCUT2D eigenvalue weighted by atomic mass is 9.45. The molecule has 2 aromatic rings. The molecule has 7 atom stereocenters. The first-order valence-corrected chi connectivity index (χ1v) is 15.8. The van der Waals surface area contributed by atoms with Gasteiger partial charge in [0, 0.05) is 18.3 Å². The minimum absolute atomic E-state index is 0.0245. The molecule has 42 heavy (non-hydrogen) atoms. The summed E-state index contributed by atoms with van der Waals surface area (Å²) in [6.45, 7) is 3.86. The molecule has 3 saturated carbocycles. The lowest BCUT2D eigenvalue weighted by molar-refractivity contribution is -0.198. The predicted octanol–water partition coefficient (Wildman–Crippen LogP) is 4.34. The monoisotopic (exact) mass is 598 g/mol. The van der Waals surface area contributed by atoms with Crippen LogP contribution in [0.1, 0.15) is 57.2 Å². The fourth-order valence-corrected chi connectivity index (χ4v) is 9.99. The molecule has 0 amide bonds. The first-order chi connectivity index (χ1) is 20.1. The lowest BCUT2D eigenvalue weighted by Crippen LogP contribution is -2.62. The van der Waals surface area contributed by atoms with E-state index in [1.165, 1.54) is 24.8 Å². The first-order valence-electron chi connectivity index (χ1n) is 14.8. The summed E-state index contributed by atoms with van der Waals surface area (Å²) in [4.78, 5) is 26.6. The highest BCUT2D eigenvalue weighted by Gasteiger charge is 2.70. The molecule has 1 aromatic carbocycles. The SMILES string of the molecule is COCC(=O)O[C@]1(C(=O)SCCO)CC[C@H]2[C@@H]3CCC4=Cc5c(cnn5-c5ccc(F)cc5)C[C@]4(C)[C@H]3[C@@H](O)C[C@@]21C. The highest BCUT2D eigenvalue weighted by atomic mass is 32.2. The van der Waals surface area contributed by atoms with Crippen molar-refractivity contribution >= 4 is 28.9 Å². The third-order valence-corrected chi connectivity index (χ3v) is 11.8. The predicted molar refractivity (Wildman–Crippen MR) is 156 cm³/mol. The highest BCUT2D eigenvalue weighted by Crippen LogP contribution is 2.68. The zero-order valence-corrected chi connectivity index (χ0v) is 25.2. The largest absolute Gasteiger partial charge is 0.448 e. The molecule has 1 heterocycles. The van der Waals surface area contributed by atoms with Gasteiger partial charge in [-0.15, -0.1) is 0 Å². The highest BCUT2D eigenvalue weighted by molar-refractivity contribution is 8.13. The Bertz CT molecular complexity index is 1410. The maximum atomic E-state index is 13.8. The zero-order valence-electron chi connectivity index (χ0n) is 24.3. The van der Waals surface area contributed by atoms with Crippen LogP contribution < -0.4 is 0 Å². The Kier molecular flexibility index (Phi) is 7.65. The van der Waals surface area contributed by atoms with E-state index in [9.17, 15) is 24.2 Å². The number of allylic oxidation sites excluding steroid dienone is 1. The first kappa shape index (κ1) is 29.5. The zero-order chi connectivity index (χ0) is 29.9. The third kappa shape index (κ3) is 4.40. The molecule has 0 bridgehead atoms. The van der Waals surface area contributed by atoms with Crippen LogP contribution in [-0.2, 0) is 25.5 Å². The minimum atomic E-state index is -1.38. The van der Waals surface area contributed by atoms with Crippen molar-refractivity contribution in [1.82, 2.24) is 9.78 Å². The van der Waals surface area contributed by atoms with Crippen LogP contribution in [0.5, 0.6) is 0 Å². The van der Waals surface area contributed by atoms with E-state index in [1.807, 2.05) is 17.8 Å². The molecule has 3 fully saturated rings. The number of methoxy groups -OCH3 is 1. The van der Waals surface area contributed by atoms with Crippen molar-refractivity contribution in [2.24, 2.45) is 28.6 Å². The quantitative estimate of drug-likeness (QED) is 0.453. The Balaban J connectivity index is 1.34. The van der Waals surface area contributed by atoms with Gasteiger partial charge < -0.3 is 19.7 Å². The van der Waals surface area contributed by atoms with Crippen LogP contribution in [0.4, 0.5) is 4.39 Å². The van der Waals surface area contributed by atoms with Crippen LogP contribution in [0.2, 0.25) is 0 Å². The number of esters is 1. The second-order valence-electron chi connectivity index (χ2n) is 12.9. The molecule has 0 spiro atoms. The average molecular weight is 599 g/mol. The number of nitrogens with zero attached hydrogens (tertiary/aromatic N) is 2. The number of fused-ring (bicyclic) bond motifs is 6. The second kappa shape index (κ2) is 10.9. The van der Waals surface area contributed by atoms with Gasteiger partial charge in [0.1, 0.15) is 12.4 Å². The van der Waals surface area contributed by atoms with Gasteiger partial charge in [-0.2, -0.15) is 5.10 Å². The Labute approximate surface area is 249 Å². The number of ether oxygens (including phenoxy) is 2. The molecule has 0 unspecified atom stereocenters. The smallest absolute Gasteiger partial charge is 0.333 e. The van der Waals surface area contributed by atoms with Gasteiger partial charge in [-0.25, -0.2) is 13.9 Å². The fourth-order valence-electron chi connectivity index (χ4n) is 9.10. The number of rotatable bonds is 7. The van der Waals surface area contributed by atoms with Gasteiger partial charge >= 0.3 is 5.97 Å². The Morgan fingerprint density at radius 1 is 1.21 bits per heavy atom. The number of thioether (sulfide) groups is 1. The van der Waals surface area contributed by atoms with Gasteiger partial charge in [-0.1, -0.05) is 31.2 Å². The summed E-state index contributed by atoms with van der Waals surface area (Å²) in [5, 5.41) is 25.8. The summed E-state index contributed by atoms with van der Waals surface area (Å²) in [6.07, 6.45) is 7.31. The Morgan fingerprint density at radius 2 is 1.98 bits per heavy atom. The van der Waals surface area contributed by atoms with E-state index in [0.717, 1.165) is 54.4 Å². The Morgan fingerprint density at radius 3 is 2.69 bits per heavy atom. The van der Waals surface area contributed by atoms with Crippen LogP contribution >= 0.6 is 11.8 Å². The lowest BCUT2D eigenvalue weighted by Gasteiger charge is -2.60. The molecule has 0 saturated heterocycles. The van der Waals surface area contributed by atoms with Crippen LogP contribution in [0.25, 0.3) is 11.8 Å². The van der Waals surface area contributed by atoms with Gasteiger partial charge in [0.25, 0.3) is 0 Å². The molecule has 8 nitrogen and oxygen atoms in total. The molecule has 0 radical (unpaired) electrons. The Hall–Kier alpha value is -2.53. The second-order valence-corrected chi connectivity index (χ2v) is 13.9. The summed E-state index contributed by atoms with van der Waals surface area (Å²) in [5.74, 6) is -0.454. The van der Waals surface area contributed by atoms with Gasteiger partial charge in [0.05, 0.1) is 30.3 Å². The molecule has 1 aromatic heterocycles. The van der Waals surface area contributed by atoms with Crippen molar-refractivity contribution in [3.63, 3.8) is 0 Å². The van der Waals surface area contributed by atoms with Crippen LogP contribution in [-0.4, -0.2) is 68.9 Å². The molecular formula is C32H39FN2O6S. The molecule has 10 heteroatoms. The third-order valence-electron chi connectivity index (χ3n) is 10.8. The molecule has 4 aliphatic rings. The van der Waals surface area contributed by atoms with E-state index >= 15 is 0 Å². The molecule has 2 N–H and O–H groups in total. The van der Waals surface area contributed by atoms with E-state index in [4.69, 9.17) is 9.47 Å². The van der Waals surface area contributed by atoms with E-state index in [2.05, 4.69) is 18.1 Å². The molecule has 6 rings (SSSR count). The molecule has 0 aliphatic heterocycles. The van der Waals surface area contributed by atoms with Gasteiger partial charge in [0.15, 0.2) is 5.60 Å². The number of aromatic nitrogens is 2. The van der Waals surface area contributed by atoms with E-state index in [-0.39, 0.29) is 53.1 Å². The van der Waals surface area contributed by atoms with Crippen LogP contribution in [0.3, 0.4) is 0 Å². The van der Waals surface area contributed by atoms with Crippen molar-refractivity contribution in [2.75, 3.05) is 26.1 Å². The summed E-state index contributed by atoms with van der Waals surface area (Å²) < 4.78 is 26.5. The van der Waals surface area contributed by atoms with Crippen LogP contribution in [0.15, 0.2) is 36.0 Å². The molecule has 226 valence electrons. The maximum absolute atomic E-state index is 13.8. The van der Waals surface area contributed by atoms with Gasteiger partial charge in [-0.05, 0) is 97.6 Å². The van der Waals surface area contributed by atoms with Crippen molar-refractivity contribution in [3.05, 3.63) is 53.1 Å². The summed E-state index contributed by atoms with van der Waals surface area (Å²) in [5.41, 5.74) is 1.76. The average Bonchev–Trinajstić information content (AvgIpc) is 3.48. The summed E-state index contributed by atoms with van der Waals surface area (Å²) >= 11 is 1.00. The normalized spacial score (nSPS) is 35.0. The van der Waals surface area contributed by atoms with Gasteiger partial charge in [0.2, 0.25) is 5.12 Å². The number of benzene rings is 1. The van der Waals surface area contributed by atoms with Gasteiger partial charge in [-0.3, -0.25) is 4.79 Å². The summed E-state index contributed by atoms with van der Waals surface area (Å²) in [7, 11) is 1.41. The topological polar surface area (TPSA) is 111 Å². The van der Waals surface area contributed by atoms with E-state index in [0.29, 0.717) is 12.8 Å². The number of hydrogen-bond acceptors (Lipinski definition) is 8. The molecule has 4 aliphatic carbocycles. The number of carbonyl (C=O) groups excluding carboxylic acids is 2. The standard InChI is InChI=1S/C32H39FN2O6S/c1-30-15-19-17-34-35(22-7-5-21(33)6-8-22)25(19)14-20(30)4-9-23-24-10-11-32(29(39)42-13-12-36,41-27(38)18-40-3)31(24,2)16-26(37)28(23)30/h5-8,14,17,23-24,26,28,36-37H,4,9-13,15-16,18H2,1-3H3/t23-,24-,26-,28+,30-,31-,32-/m0/s1.